The topological polar surface area (TPSA) is 35.8 Å². The molecular weight excluding hydrogens is 271 g/mol. The molecule has 0 aliphatic carbocycles. The van der Waals surface area contributed by atoms with Crippen LogP contribution in [-0.4, -0.2) is 0 Å². The number of nitriles is 1. The molecule has 1 aromatic carbocycles. The van der Waals surface area contributed by atoms with Crippen molar-refractivity contribution in [3.63, 3.8) is 0 Å². The highest BCUT2D eigenvalue weighted by molar-refractivity contribution is 7.12. The fourth-order valence-electron chi connectivity index (χ4n) is 2.28. The van der Waals surface area contributed by atoms with Gasteiger partial charge in [-0.3, -0.25) is 0 Å². The van der Waals surface area contributed by atoms with E-state index in [4.69, 9.17) is 5.26 Å². The predicted octanol–water partition coefficient (Wildman–Crippen LogP) is 4.23. The second kappa shape index (κ2) is 6.17. The van der Waals surface area contributed by atoms with Crippen LogP contribution in [0.3, 0.4) is 0 Å². The second-order valence-electron chi connectivity index (χ2n) is 4.93. The number of halogens is 1. The van der Waals surface area contributed by atoms with Crippen LogP contribution in [0.1, 0.15) is 39.4 Å². The van der Waals surface area contributed by atoms with Gasteiger partial charge in [-0.25, -0.2) is 4.39 Å². The molecular formula is C16H17FN2S. The molecule has 1 atom stereocenters. The third-order valence-corrected chi connectivity index (χ3v) is 4.23. The molecule has 0 bridgehead atoms. The number of aryl methyl sites for hydroxylation is 2. The highest BCUT2D eigenvalue weighted by Gasteiger charge is 2.11. The highest BCUT2D eigenvalue weighted by Crippen LogP contribution is 2.26. The predicted molar refractivity (Wildman–Crippen MR) is 80.2 cm³/mol. The smallest absolute Gasteiger partial charge is 0.124 e. The minimum Gasteiger partial charge on any atom is -0.306 e. The molecule has 0 saturated heterocycles. The van der Waals surface area contributed by atoms with Crippen LogP contribution in [0, 0.1) is 31.0 Å². The lowest BCUT2D eigenvalue weighted by Crippen LogP contribution is -2.18. The van der Waals surface area contributed by atoms with E-state index < -0.39 is 0 Å². The summed E-state index contributed by atoms with van der Waals surface area (Å²) in [5.41, 5.74) is 2.43. The SMILES string of the molecule is Cc1cc(C(C)NCc2cc(F)cc(C#N)c2)c(C)s1. The maximum absolute atomic E-state index is 13.4. The van der Waals surface area contributed by atoms with Gasteiger partial charge in [0.1, 0.15) is 5.82 Å². The summed E-state index contributed by atoms with van der Waals surface area (Å²) in [6.07, 6.45) is 0. The van der Waals surface area contributed by atoms with Gasteiger partial charge in [0.15, 0.2) is 0 Å². The molecule has 0 aliphatic heterocycles. The summed E-state index contributed by atoms with van der Waals surface area (Å²) in [7, 11) is 0. The largest absolute Gasteiger partial charge is 0.306 e. The van der Waals surface area contributed by atoms with Crippen molar-refractivity contribution >= 4 is 11.3 Å². The summed E-state index contributed by atoms with van der Waals surface area (Å²) in [4.78, 5) is 2.60. The Kier molecular flexibility index (Phi) is 4.53. The molecule has 0 amide bonds. The van der Waals surface area contributed by atoms with Crippen LogP contribution in [-0.2, 0) is 6.54 Å². The van der Waals surface area contributed by atoms with Crippen LogP contribution >= 0.6 is 11.3 Å². The van der Waals surface area contributed by atoms with Crippen molar-refractivity contribution in [3.8, 4) is 6.07 Å². The summed E-state index contributed by atoms with van der Waals surface area (Å²) >= 11 is 1.78. The Morgan fingerprint density at radius 1 is 1.30 bits per heavy atom. The molecule has 20 heavy (non-hydrogen) atoms. The van der Waals surface area contributed by atoms with E-state index in [2.05, 4.69) is 32.2 Å². The van der Waals surface area contributed by atoms with Crippen LogP contribution in [0.4, 0.5) is 4.39 Å². The van der Waals surface area contributed by atoms with E-state index in [0.29, 0.717) is 12.1 Å². The monoisotopic (exact) mass is 288 g/mol. The average Bonchev–Trinajstić information content (AvgIpc) is 2.74. The van der Waals surface area contributed by atoms with Crippen molar-refractivity contribution in [2.75, 3.05) is 0 Å². The minimum absolute atomic E-state index is 0.203. The van der Waals surface area contributed by atoms with Crippen LogP contribution in [0.15, 0.2) is 24.3 Å². The normalized spacial score (nSPS) is 12.2. The van der Waals surface area contributed by atoms with Crippen molar-refractivity contribution in [2.45, 2.75) is 33.4 Å². The third kappa shape index (κ3) is 3.44. The van der Waals surface area contributed by atoms with Crippen molar-refractivity contribution in [1.29, 1.82) is 5.26 Å². The molecule has 2 aromatic rings. The van der Waals surface area contributed by atoms with E-state index in [0.717, 1.165) is 5.56 Å². The Morgan fingerprint density at radius 3 is 2.65 bits per heavy atom. The molecule has 104 valence electrons. The molecule has 0 radical (unpaired) electrons. The van der Waals surface area contributed by atoms with Gasteiger partial charge in [-0.2, -0.15) is 5.26 Å². The average molecular weight is 288 g/mol. The Labute approximate surface area is 122 Å². The quantitative estimate of drug-likeness (QED) is 0.914. The zero-order chi connectivity index (χ0) is 14.7. The van der Waals surface area contributed by atoms with Gasteiger partial charge in [0.2, 0.25) is 0 Å². The lowest BCUT2D eigenvalue weighted by atomic mass is 10.1. The van der Waals surface area contributed by atoms with Crippen LogP contribution in [0.2, 0.25) is 0 Å². The molecule has 1 aromatic heterocycles. The summed E-state index contributed by atoms with van der Waals surface area (Å²) in [5.74, 6) is -0.365. The number of hydrogen-bond donors (Lipinski definition) is 1. The number of nitrogens with one attached hydrogen (secondary N) is 1. The maximum atomic E-state index is 13.4. The zero-order valence-corrected chi connectivity index (χ0v) is 12.6. The van der Waals surface area contributed by atoms with Gasteiger partial charge in [0.25, 0.3) is 0 Å². The third-order valence-electron chi connectivity index (χ3n) is 3.24. The lowest BCUT2D eigenvalue weighted by Gasteiger charge is -2.14. The molecule has 0 fully saturated rings. The summed E-state index contributed by atoms with van der Waals surface area (Å²) in [6.45, 7) is 6.85. The lowest BCUT2D eigenvalue weighted by molar-refractivity contribution is 0.568. The van der Waals surface area contributed by atoms with Crippen molar-refractivity contribution in [2.24, 2.45) is 0 Å². The minimum atomic E-state index is -0.365. The molecule has 0 aliphatic rings. The fourth-order valence-corrected chi connectivity index (χ4v) is 3.30. The van der Waals surface area contributed by atoms with Gasteiger partial charge in [0.05, 0.1) is 11.6 Å². The molecule has 4 heteroatoms. The Bertz CT molecular complexity index is 655. The Balaban J connectivity index is 2.07. The first-order valence-corrected chi connectivity index (χ1v) is 7.31. The summed E-state index contributed by atoms with van der Waals surface area (Å²) in [6, 6.07) is 8.79. The molecule has 2 nitrogen and oxygen atoms in total. The van der Waals surface area contributed by atoms with Crippen molar-refractivity contribution < 1.29 is 4.39 Å². The van der Waals surface area contributed by atoms with E-state index in [-0.39, 0.29) is 11.9 Å². The van der Waals surface area contributed by atoms with E-state index in [1.54, 1.807) is 17.4 Å². The number of hydrogen-bond acceptors (Lipinski definition) is 3. The van der Waals surface area contributed by atoms with E-state index in [9.17, 15) is 4.39 Å². The molecule has 1 heterocycles. The summed E-state index contributed by atoms with van der Waals surface area (Å²) < 4.78 is 13.4. The zero-order valence-electron chi connectivity index (χ0n) is 11.8. The van der Waals surface area contributed by atoms with Gasteiger partial charge in [-0.15, -0.1) is 11.3 Å². The molecule has 2 rings (SSSR count). The molecule has 0 saturated carbocycles. The van der Waals surface area contributed by atoms with Gasteiger partial charge >= 0.3 is 0 Å². The van der Waals surface area contributed by atoms with E-state index in [1.807, 2.05) is 6.07 Å². The molecule has 1 N–H and O–H groups in total. The van der Waals surface area contributed by atoms with Crippen LogP contribution in [0.25, 0.3) is 0 Å². The van der Waals surface area contributed by atoms with Gasteiger partial charge in [-0.1, -0.05) is 0 Å². The molecule has 0 spiro atoms. The van der Waals surface area contributed by atoms with Gasteiger partial charge in [-0.05, 0) is 56.2 Å². The van der Waals surface area contributed by atoms with Gasteiger partial charge in [0, 0.05) is 22.3 Å². The van der Waals surface area contributed by atoms with Gasteiger partial charge < -0.3 is 5.32 Å². The standard InChI is InChI=1S/C16H17FN2S/c1-10-4-16(12(3)20-10)11(2)19-9-14-5-13(8-18)6-15(17)7-14/h4-7,11,19H,9H2,1-3H3. The van der Waals surface area contributed by atoms with E-state index in [1.165, 1.54) is 27.5 Å². The number of rotatable bonds is 4. The first kappa shape index (κ1) is 14.7. The summed E-state index contributed by atoms with van der Waals surface area (Å²) in [5, 5.41) is 12.2. The number of nitrogens with zero attached hydrogens (tertiary/aromatic N) is 1. The Morgan fingerprint density at radius 2 is 2.05 bits per heavy atom. The molecule has 1 unspecified atom stereocenters. The second-order valence-corrected chi connectivity index (χ2v) is 6.39. The van der Waals surface area contributed by atoms with Crippen LogP contribution in [0.5, 0.6) is 0 Å². The van der Waals surface area contributed by atoms with Crippen molar-refractivity contribution in [1.82, 2.24) is 5.32 Å². The maximum Gasteiger partial charge on any atom is 0.124 e. The first-order chi connectivity index (χ1) is 9.49. The van der Waals surface area contributed by atoms with E-state index >= 15 is 0 Å². The van der Waals surface area contributed by atoms with Crippen molar-refractivity contribution in [3.05, 3.63) is 56.5 Å². The highest BCUT2D eigenvalue weighted by atomic mass is 32.1. The fraction of sp³-hybridized carbons (Fsp3) is 0.312. The number of thiophene rings is 1. The Hall–Kier alpha value is -1.70. The number of benzene rings is 1. The first-order valence-electron chi connectivity index (χ1n) is 6.49. The van der Waals surface area contributed by atoms with Crippen LogP contribution < -0.4 is 5.32 Å².